The predicted octanol–water partition coefficient (Wildman–Crippen LogP) is 0.824. The number of carbonyl (C=O) groups is 1. The Morgan fingerprint density at radius 3 is 2.23 bits per heavy atom. The lowest BCUT2D eigenvalue weighted by atomic mass is 9.95. The number of hydrogen-bond donors (Lipinski definition) is 1. The van der Waals surface area contributed by atoms with Crippen LogP contribution in [0, 0.1) is 0 Å². The van der Waals surface area contributed by atoms with E-state index in [1.54, 1.807) is 6.92 Å². The van der Waals surface area contributed by atoms with Crippen LogP contribution in [-0.4, -0.2) is 68.0 Å². The Morgan fingerprint density at radius 1 is 1.09 bits per heavy atom. The van der Waals surface area contributed by atoms with Crippen molar-refractivity contribution < 1.29 is 13.2 Å². The normalized spacial score (nSPS) is 22.0. The van der Waals surface area contributed by atoms with Crippen LogP contribution < -0.4 is 5.32 Å². The number of piperazine rings is 1. The number of amides is 1. The SMILES string of the molecule is CCS(=O)(=O)N1CCN(CC(=O)NC2CCCCC2)CC1.Cl. The van der Waals surface area contributed by atoms with Crippen molar-refractivity contribution in [3.63, 3.8) is 0 Å². The van der Waals surface area contributed by atoms with E-state index < -0.39 is 10.0 Å². The van der Waals surface area contributed by atoms with Crippen LogP contribution in [0.5, 0.6) is 0 Å². The molecule has 1 saturated heterocycles. The van der Waals surface area contributed by atoms with Crippen LogP contribution in [0.15, 0.2) is 0 Å². The molecule has 8 heteroatoms. The average molecular weight is 354 g/mol. The molecule has 1 amide bonds. The fraction of sp³-hybridized carbons (Fsp3) is 0.929. The highest BCUT2D eigenvalue weighted by molar-refractivity contribution is 7.89. The third-order valence-electron chi connectivity index (χ3n) is 4.43. The van der Waals surface area contributed by atoms with Gasteiger partial charge in [0.15, 0.2) is 0 Å². The minimum atomic E-state index is -3.09. The van der Waals surface area contributed by atoms with Gasteiger partial charge < -0.3 is 5.32 Å². The monoisotopic (exact) mass is 353 g/mol. The van der Waals surface area contributed by atoms with Gasteiger partial charge in [0.05, 0.1) is 12.3 Å². The molecule has 0 spiro atoms. The first-order valence-electron chi connectivity index (χ1n) is 8.01. The first-order chi connectivity index (χ1) is 10.0. The summed E-state index contributed by atoms with van der Waals surface area (Å²) in [6.45, 7) is 4.31. The Balaban J connectivity index is 0.00000242. The molecule has 22 heavy (non-hydrogen) atoms. The number of nitrogens with one attached hydrogen (secondary N) is 1. The molecule has 0 atom stereocenters. The Hall–Kier alpha value is -0.370. The molecule has 2 fully saturated rings. The lowest BCUT2D eigenvalue weighted by Gasteiger charge is -2.33. The molecule has 1 saturated carbocycles. The van der Waals surface area contributed by atoms with Crippen LogP contribution in [0.4, 0.5) is 0 Å². The molecule has 1 N–H and O–H groups in total. The fourth-order valence-electron chi connectivity index (χ4n) is 3.07. The molecular weight excluding hydrogens is 326 g/mol. The highest BCUT2D eigenvalue weighted by Gasteiger charge is 2.26. The second-order valence-corrected chi connectivity index (χ2v) is 8.24. The van der Waals surface area contributed by atoms with Gasteiger partial charge in [0.25, 0.3) is 0 Å². The minimum absolute atomic E-state index is 0. The summed E-state index contributed by atoms with van der Waals surface area (Å²) in [6, 6.07) is 0.341. The maximum Gasteiger partial charge on any atom is 0.234 e. The zero-order valence-corrected chi connectivity index (χ0v) is 14.9. The smallest absolute Gasteiger partial charge is 0.234 e. The summed E-state index contributed by atoms with van der Waals surface area (Å²) in [6.07, 6.45) is 5.87. The first kappa shape index (κ1) is 19.7. The lowest BCUT2D eigenvalue weighted by molar-refractivity contribution is -0.123. The number of nitrogens with zero attached hydrogens (tertiary/aromatic N) is 2. The molecule has 1 aliphatic carbocycles. The van der Waals surface area contributed by atoms with Crippen molar-refractivity contribution in [2.75, 3.05) is 38.5 Å². The Morgan fingerprint density at radius 2 is 1.68 bits per heavy atom. The highest BCUT2D eigenvalue weighted by Crippen LogP contribution is 2.17. The molecule has 0 aromatic carbocycles. The van der Waals surface area contributed by atoms with Crippen molar-refractivity contribution >= 4 is 28.3 Å². The second-order valence-electron chi connectivity index (χ2n) is 5.98. The molecule has 6 nitrogen and oxygen atoms in total. The zero-order valence-electron chi connectivity index (χ0n) is 13.3. The summed E-state index contributed by atoms with van der Waals surface area (Å²) in [5.74, 6) is 0.225. The van der Waals surface area contributed by atoms with Gasteiger partial charge in [-0.05, 0) is 19.8 Å². The van der Waals surface area contributed by atoms with E-state index in [1.807, 2.05) is 4.90 Å². The number of carbonyl (C=O) groups excluding carboxylic acids is 1. The van der Waals surface area contributed by atoms with Crippen LogP contribution in [0.2, 0.25) is 0 Å². The summed E-state index contributed by atoms with van der Waals surface area (Å²) in [4.78, 5) is 14.1. The summed E-state index contributed by atoms with van der Waals surface area (Å²) in [7, 11) is -3.09. The van der Waals surface area contributed by atoms with Crippen molar-refractivity contribution in [1.82, 2.24) is 14.5 Å². The summed E-state index contributed by atoms with van der Waals surface area (Å²) >= 11 is 0. The van der Waals surface area contributed by atoms with Crippen LogP contribution in [0.25, 0.3) is 0 Å². The van der Waals surface area contributed by atoms with Crippen molar-refractivity contribution in [2.45, 2.75) is 45.1 Å². The topological polar surface area (TPSA) is 69.7 Å². The van der Waals surface area contributed by atoms with Crippen molar-refractivity contribution in [1.29, 1.82) is 0 Å². The van der Waals surface area contributed by atoms with Crippen molar-refractivity contribution in [3.8, 4) is 0 Å². The third kappa shape index (κ3) is 5.68. The number of sulfonamides is 1. The predicted molar refractivity (Wildman–Crippen MR) is 89.7 cm³/mol. The van der Waals surface area contributed by atoms with E-state index in [0.29, 0.717) is 38.8 Å². The Bertz CT molecular complexity index is 444. The minimum Gasteiger partial charge on any atom is -0.352 e. The number of halogens is 1. The lowest BCUT2D eigenvalue weighted by Crippen LogP contribution is -2.52. The Kier molecular flexibility index (Phi) is 8.10. The van der Waals surface area contributed by atoms with Gasteiger partial charge >= 0.3 is 0 Å². The van der Waals surface area contributed by atoms with E-state index in [9.17, 15) is 13.2 Å². The first-order valence-corrected chi connectivity index (χ1v) is 9.61. The van der Waals surface area contributed by atoms with Gasteiger partial charge in [-0.3, -0.25) is 9.69 Å². The van der Waals surface area contributed by atoms with Crippen molar-refractivity contribution in [3.05, 3.63) is 0 Å². The molecule has 1 aliphatic heterocycles. The van der Waals surface area contributed by atoms with Crippen LogP contribution in [-0.2, 0) is 14.8 Å². The van der Waals surface area contributed by atoms with Gasteiger partial charge in [-0.25, -0.2) is 8.42 Å². The van der Waals surface area contributed by atoms with Crippen LogP contribution >= 0.6 is 12.4 Å². The van der Waals surface area contributed by atoms with E-state index >= 15 is 0 Å². The quantitative estimate of drug-likeness (QED) is 0.794. The molecule has 0 aromatic heterocycles. The number of rotatable bonds is 5. The van der Waals surface area contributed by atoms with E-state index in [1.165, 1.54) is 23.6 Å². The van der Waals surface area contributed by atoms with Gasteiger partial charge in [-0.2, -0.15) is 4.31 Å². The fourth-order valence-corrected chi connectivity index (χ4v) is 4.16. The van der Waals surface area contributed by atoms with Gasteiger partial charge in [0, 0.05) is 32.2 Å². The largest absolute Gasteiger partial charge is 0.352 e. The van der Waals surface area contributed by atoms with E-state index in [4.69, 9.17) is 0 Å². The van der Waals surface area contributed by atoms with Crippen molar-refractivity contribution in [2.24, 2.45) is 0 Å². The van der Waals surface area contributed by atoms with E-state index in [2.05, 4.69) is 5.32 Å². The maximum absolute atomic E-state index is 12.0. The Labute approximate surface area is 140 Å². The highest BCUT2D eigenvalue weighted by atomic mass is 35.5. The summed E-state index contributed by atoms with van der Waals surface area (Å²) < 4.78 is 25.1. The van der Waals surface area contributed by atoms with E-state index in [0.717, 1.165) is 12.8 Å². The number of hydrogen-bond acceptors (Lipinski definition) is 4. The molecule has 130 valence electrons. The average Bonchev–Trinajstić information content (AvgIpc) is 2.48. The van der Waals surface area contributed by atoms with Crippen LogP contribution in [0.1, 0.15) is 39.0 Å². The molecule has 0 bridgehead atoms. The molecule has 0 aromatic rings. The third-order valence-corrected chi connectivity index (χ3v) is 6.31. The van der Waals surface area contributed by atoms with Gasteiger partial charge in [-0.15, -0.1) is 12.4 Å². The molecule has 2 rings (SSSR count). The van der Waals surface area contributed by atoms with E-state index in [-0.39, 0.29) is 24.1 Å². The standard InChI is InChI=1S/C14H27N3O3S.ClH/c1-2-21(19,20)17-10-8-16(9-11-17)12-14(18)15-13-6-4-3-5-7-13;/h13H,2-12H2,1H3,(H,15,18);1H. The molecular formula is C14H28ClN3O3S. The van der Waals surface area contributed by atoms with Gasteiger partial charge in [0.2, 0.25) is 15.9 Å². The summed E-state index contributed by atoms with van der Waals surface area (Å²) in [5.41, 5.74) is 0. The summed E-state index contributed by atoms with van der Waals surface area (Å²) in [5, 5.41) is 3.11. The molecule has 0 radical (unpaired) electrons. The second kappa shape index (κ2) is 9.05. The van der Waals surface area contributed by atoms with Gasteiger partial charge in [-0.1, -0.05) is 19.3 Å². The van der Waals surface area contributed by atoms with Crippen LogP contribution in [0.3, 0.4) is 0 Å². The maximum atomic E-state index is 12.0. The zero-order chi connectivity index (χ0) is 15.3. The molecule has 1 heterocycles. The van der Waals surface area contributed by atoms with Gasteiger partial charge in [0.1, 0.15) is 0 Å². The molecule has 2 aliphatic rings. The molecule has 0 unspecified atom stereocenters.